The van der Waals surface area contributed by atoms with Crippen molar-refractivity contribution in [2.45, 2.75) is 13.0 Å². The lowest BCUT2D eigenvalue weighted by Crippen LogP contribution is -2.24. The van der Waals surface area contributed by atoms with Gasteiger partial charge in [0, 0.05) is 18.0 Å². The maximum atomic E-state index is 11.3. The fourth-order valence-electron chi connectivity index (χ4n) is 0.997. The van der Waals surface area contributed by atoms with Gasteiger partial charge in [-0.3, -0.25) is 4.98 Å². The van der Waals surface area contributed by atoms with Gasteiger partial charge < -0.3 is 10.5 Å². The number of aromatic nitrogens is 1. The molecule has 1 rings (SSSR count). The van der Waals surface area contributed by atoms with Crippen LogP contribution in [0.25, 0.3) is 0 Å². The summed E-state index contributed by atoms with van der Waals surface area (Å²) in [4.78, 5) is 15.1. The molecule has 0 radical (unpaired) electrons. The lowest BCUT2D eigenvalue weighted by atomic mass is 10.1. The largest absolute Gasteiger partial charge is 0.465 e. The summed E-state index contributed by atoms with van der Waals surface area (Å²) in [7, 11) is 0. The van der Waals surface area contributed by atoms with Crippen LogP contribution in [0.2, 0.25) is 5.02 Å². The summed E-state index contributed by atoms with van der Waals surface area (Å²) in [6.45, 7) is 2.02. The molecule has 84 valence electrons. The molecule has 2 N–H and O–H groups in total. The smallest absolute Gasteiger partial charge is 0.327 e. The monoisotopic (exact) mass is 250 g/mol. The standard InChI is InChI=1S/C9H11ClN2O2.ClH/c1-2-14-9(13)8(11)6-3-4-12-5-7(6)10;/h3-5,8H,2,11H2,1H3;1H. The minimum absolute atomic E-state index is 0. The van der Waals surface area contributed by atoms with Gasteiger partial charge in [-0.25, -0.2) is 4.79 Å². The molecule has 4 nitrogen and oxygen atoms in total. The molecule has 0 spiro atoms. The number of hydrogen-bond donors (Lipinski definition) is 1. The molecule has 0 bridgehead atoms. The topological polar surface area (TPSA) is 65.2 Å². The number of nitrogens with two attached hydrogens (primary N) is 1. The van der Waals surface area contributed by atoms with Crippen molar-refractivity contribution >= 4 is 30.0 Å². The highest BCUT2D eigenvalue weighted by Crippen LogP contribution is 2.20. The zero-order chi connectivity index (χ0) is 10.6. The lowest BCUT2D eigenvalue weighted by Gasteiger charge is -2.11. The van der Waals surface area contributed by atoms with Crippen molar-refractivity contribution < 1.29 is 9.53 Å². The Hall–Kier alpha value is -0.840. The van der Waals surface area contributed by atoms with Crippen molar-refractivity contribution in [1.29, 1.82) is 0 Å². The molecular weight excluding hydrogens is 239 g/mol. The van der Waals surface area contributed by atoms with E-state index in [0.717, 1.165) is 0 Å². The van der Waals surface area contributed by atoms with Gasteiger partial charge in [-0.2, -0.15) is 0 Å². The Morgan fingerprint density at radius 3 is 2.93 bits per heavy atom. The molecular formula is C9H12Cl2N2O2. The van der Waals surface area contributed by atoms with Crippen LogP contribution < -0.4 is 5.73 Å². The summed E-state index contributed by atoms with van der Waals surface area (Å²) in [6.07, 6.45) is 2.97. The van der Waals surface area contributed by atoms with E-state index >= 15 is 0 Å². The van der Waals surface area contributed by atoms with Crippen LogP contribution in [0.5, 0.6) is 0 Å². The predicted octanol–water partition coefficient (Wildman–Crippen LogP) is 1.72. The van der Waals surface area contributed by atoms with Gasteiger partial charge in [0.05, 0.1) is 11.6 Å². The molecule has 0 saturated carbocycles. The molecule has 1 heterocycles. The van der Waals surface area contributed by atoms with Crippen LogP contribution in [0.15, 0.2) is 18.5 Å². The van der Waals surface area contributed by atoms with Crippen LogP contribution in [-0.2, 0) is 9.53 Å². The minimum atomic E-state index is -0.842. The highest BCUT2D eigenvalue weighted by Gasteiger charge is 2.19. The third-order valence-corrected chi connectivity index (χ3v) is 2.00. The average molecular weight is 251 g/mol. The number of rotatable bonds is 3. The number of carbonyl (C=O) groups is 1. The van der Waals surface area contributed by atoms with Crippen LogP contribution in [0.1, 0.15) is 18.5 Å². The second-order valence-electron chi connectivity index (χ2n) is 2.63. The third-order valence-electron chi connectivity index (χ3n) is 1.68. The van der Waals surface area contributed by atoms with Crippen molar-refractivity contribution in [3.8, 4) is 0 Å². The second-order valence-corrected chi connectivity index (χ2v) is 3.03. The van der Waals surface area contributed by atoms with E-state index in [1.54, 1.807) is 13.0 Å². The van der Waals surface area contributed by atoms with Gasteiger partial charge in [0.1, 0.15) is 6.04 Å². The summed E-state index contributed by atoms with van der Waals surface area (Å²) in [5, 5.41) is 0.369. The molecule has 1 aromatic rings. The van der Waals surface area contributed by atoms with Crippen molar-refractivity contribution in [1.82, 2.24) is 4.98 Å². The van der Waals surface area contributed by atoms with E-state index in [9.17, 15) is 4.79 Å². The summed E-state index contributed by atoms with van der Waals surface area (Å²) in [5.41, 5.74) is 6.17. The van der Waals surface area contributed by atoms with Crippen molar-refractivity contribution in [2.24, 2.45) is 5.73 Å². The summed E-state index contributed by atoms with van der Waals surface area (Å²) < 4.78 is 4.77. The van der Waals surface area contributed by atoms with E-state index in [2.05, 4.69) is 4.98 Å². The average Bonchev–Trinajstić information content (AvgIpc) is 2.18. The molecule has 1 atom stereocenters. The van der Waals surface area contributed by atoms with E-state index in [-0.39, 0.29) is 12.4 Å². The first-order valence-electron chi connectivity index (χ1n) is 4.18. The number of hydrogen-bond acceptors (Lipinski definition) is 4. The van der Waals surface area contributed by atoms with Crippen LogP contribution in [0, 0.1) is 0 Å². The molecule has 0 aliphatic heterocycles. The molecule has 15 heavy (non-hydrogen) atoms. The van der Waals surface area contributed by atoms with Gasteiger partial charge in [0.15, 0.2) is 0 Å². The predicted molar refractivity (Wildman–Crippen MR) is 60.1 cm³/mol. The molecule has 1 unspecified atom stereocenters. The van der Waals surface area contributed by atoms with Crippen LogP contribution in [0.4, 0.5) is 0 Å². The molecule has 0 aliphatic rings. The van der Waals surface area contributed by atoms with Crippen LogP contribution >= 0.6 is 24.0 Å². The molecule has 0 saturated heterocycles. The first-order chi connectivity index (χ1) is 6.66. The summed E-state index contributed by atoms with van der Waals surface area (Å²) in [6, 6.07) is 0.759. The van der Waals surface area contributed by atoms with E-state index in [1.807, 2.05) is 0 Å². The maximum absolute atomic E-state index is 11.3. The maximum Gasteiger partial charge on any atom is 0.327 e. The highest BCUT2D eigenvalue weighted by molar-refractivity contribution is 6.31. The highest BCUT2D eigenvalue weighted by atomic mass is 35.5. The molecule has 0 aliphatic carbocycles. The molecule has 1 aromatic heterocycles. The number of ether oxygens (including phenoxy) is 1. The Balaban J connectivity index is 0.00000196. The van der Waals surface area contributed by atoms with Gasteiger partial charge in [0.25, 0.3) is 0 Å². The third kappa shape index (κ3) is 3.66. The Kier molecular flexibility index (Phi) is 6.24. The van der Waals surface area contributed by atoms with Gasteiger partial charge in [-0.1, -0.05) is 11.6 Å². The number of nitrogens with zero attached hydrogens (tertiary/aromatic N) is 1. The molecule has 0 fully saturated rings. The number of carbonyl (C=O) groups excluding carboxylic acids is 1. The molecule has 0 aromatic carbocycles. The second kappa shape index (κ2) is 6.61. The Morgan fingerprint density at radius 1 is 1.73 bits per heavy atom. The van der Waals surface area contributed by atoms with E-state index < -0.39 is 12.0 Å². The van der Waals surface area contributed by atoms with Gasteiger partial charge in [-0.05, 0) is 13.0 Å². The summed E-state index contributed by atoms with van der Waals surface area (Å²) >= 11 is 5.81. The Morgan fingerprint density at radius 2 is 2.40 bits per heavy atom. The summed E-state index contributed by atoms with van der Waals surface area (Å²) in [5.74, 6) is -0.486. The lowest BCUT2D eigenvalue weighted by molar-refractivity contribution is -0.144. The Labute approximate surface area is 99.2 Å². The van der Waals surface area contributed by atoms with Crippen molar-refractivity contribution in [3.05, 3.63) is 29.0 Å². The first kappa shape index (κ1) is 14.2. The zero-order valence-electron chi connectivity index (χ0n) is 8.14. The SMILES string of the molecule is CCOC(=O)C(N)c1ccncc1Cl.Cl. The normalized spacial score (nSPS) is 11.4. The number of halogens is 2. The fraction of sp³-hybridized carbons (Fsp3) is 0.333. The van der Waals surface area contributed by atoms with E-state index in [4.69, 9.17) is 22.1 Å². The van der Waals surface area contributed by atoms with Crippen molar-refractivity contribution in [2.75, 3.05) is 6.61 Å². The number of pyridine rings is 1. The van der Waals surface area contributed by atoms with E-state index in [0.29, 0.717) is 17.2 Å². The Bertz CT molecular complexity index is 334. The molecule has 6 heteroatoms. The quantitative estimate of drug-likeness (QED) is 0.830. The van der Waals surface area contributed by atoms with Crippen LogP contribution in [0.3, 0.4) is 0 Å². The molecule has 0 amide bonds. The number of esters is 1. The first-order valence-corrected chi connectivity index (χ1v) is 4.56. The fourth-order valence-corrected chi connectivity index (χ4v) is 1.23. The van der Waals surface area contributed by atoms with Gasteiger partial charge >= 0.3 is 5.97 Å². The minimum Gasteiger partial charge on any atom is -0.465 e. The van der Waals surface area contributed by atoms with Crippen LogP contribution in [-0.4, -0.2) is 17.6 Å². The van der Waals surface area contributed by atoms with Gasteiger partial charge in [-0.15, -0.1) is 12.4 Å². The van der Waals surface area contributed by atoms with Gasteiger partial charge in [0.2, 0.25) is 0 Å². The van der Waals surface area contributed by atoms with E-state index in [1.165, 1.54) is 12.4 Å². The zero-order valence-corrected chi connectivity index (χ0v) is 9.72. The van der Waals surface area contributed by atoms with Crippen molar-refractivity contribution in [3.63, 3.8) is 0 Å².